The van der Waals surface area contributed by atoms with Crippen molar-refractivity contribution in [3.05, 3.63) is 33.4 Å². The summed E-state index contributed by atoms with van der Waals surface area (Å²) in [6, 6.07) is 6.83. The monoisotopic (exact) mass is 306 g/mol. The minimum absolute atomic E-state index is 0.152. The van der Waals surface area contributed by atoms with Crippen LogP contribution in [-0.4, -0.2) is 12.1 Å². The van der Waals surface area contributed by atoms with Crippen LogP contribution in [0.4, 0.5) is 0 Å². The molecule has 14 heavy (non-hydrogen) atoms. The third-order valence-electron chi connectivity index (χ3n) is 1.52. The molecule has 76 valence electrons. The van der Waals surface area contributed by atoms with E-state index in [4.69, 9.17) is 4.74 Å². The van der Waals surface area contributed by atoms with Gasteiger partial charge >= 0.3 is 5.97 Å². The van der Waals surface area contributed by atoms with Crippen molar-refractivity contribution in [2.75, 3.05) is 0 Å². The maximum Gasteiger partial charge on any atom is 0.339 e. The Hall–Kier alpha value is -0.780. The van der Waals surface area contributed by atoms with E-state index in [1.54, 1.807) is 38.1 Å². The lowest BCUT2D eigenvalue weighted by atomic mass is 10.2. The lowest BCUT2D eigenvalue weighted by Gasteiger charge is -2.08. The number of carbonyl (C=O) groups is 1. The summed E-state index contributed by atoms with van der Waals surface area (Å²) in [4.78, 5) is 11.5. The van der Waals surface area contributed by atoms with Crippen molar-refractivity contribution < 1.29 is 12.6 Å². The van der Waals surface area contributed by atoms with Crippen molar-refractivity contribution in [1.82, 2.24) is 0 Å². The predicted octanol–water partition coefficient (Wildman–Crippen LogP) is 2.74. The second-order valence-electron chi connectivity index (χ2n) is 3.01. The molecular weight excluding hydrogens is 295 g/mol. The Morgan fingerprint density at radius 3 is 2.57 bits per heavy atom. The molecular formula is C10H11IO3. The number of carbonyl (C=O) groups excluding carboxylic acids is 1. The molecule has 0 unspecified atom stereocenters. The van der Waals surface area contributed by atoms with Crippen LogP contribution in [-0.2, 0) is 7.81 Å². The molecule has 1 aromatic carbocycles. The number of hydrogen-bond acceptors (Lipinski definition) is 3. The summed E-state index contributed by atoms with van der Waals surface area (Å²) < 4.78 is 16.5. The maximum absolute atomic E-state index is 11.5. The predicted molar refractivity (Wildman–Crippen MR) is 60.4 cm³/mol. The van der Waals surface area contributed by atoms with E-state index >= 15 is 0 Å². The van der Waals surface area contributed by atoms with Crippen LogP contribution in [0, 0.1) is 3.57 Å². The Morgan fingerprint density at radius 2 is 2.00 bits per heavy atom. The first-order valence-electron chi connectivity index (χ1n) is 4.22. The Morgan fingerprint density at radius 1 is 1.36 bits per heavy atom. The highest BCUT2D eigenvalue weighted by atomic mass is 127. The molecule has 0 atom stereocenters. The lowest BCUT2D eigenvalue weighted by molar-refractivity contribution is 0.0376. The smallest absolute Gasteiger partial charge is 0.339 e. The zero-order valence-corrected chi connectivity index (χ0v) is 10.1. The van der Waals surface area contributed by atoms with Crippen LogP contribution >= 0.6 is 21.2 Å². The first-order chi connectivity index (χ1) is 6.65. The van der Waals surface area contributed by atoms with Gasteiger partial charge in [-0.2, -0.15) is 0 Å². The van der Waals surface area contributed by atoms with Crippen molar-refractivity contribution in [3.8, 4) is 0 Å². The lowest BCUT2D eigenvalue weighted by Crippen LogP contribution is -2.12. The Bertz CT molecular complexity index is 347. The van der Waals surface area contributed by atoms with Crippen molar-refractivity contribution >= 4 is 27.2 Å². The van der Waals surface area contributed by atoms with E-state index in [0.717, 1.165) is 0 Å². The third kappa shape index (κ3) is 2.87. The van der Waals surface area contributed by atoms with Gasteiger partial charge in [-0.15, -0.1) is 0 Å². The van der Waals surface area contributed by atoms with E-state index in [-0.39, 0.29) is 6.10 Å². The van der Waals surface area contributed by atoms with Gasteiger partial charge in [0.15, 0.2) is 21.2 Å². The normalized spacial score (nSPS) is 10.2. The van der Waals surface area contributed by atoms with Crippen molar-refractivity contribution in [2.24, 2.45) is 0 Å². The average molecular weight is 306 g/mol. The fourth-order valence-electron chi connectivity index (χ4n) is 0.972. The molecule has 1 rings (SSSR count). The van der Waals surface area contributed by atoms with Gasteiger partial charge in [0, 0.05) is 0 Å². The maximum atomic E-state index is 11.5. The molecule has 0 bridgehead atoms. The molecule has 0 aromatic heterocycles. The summed E-state index contributed by atoms with van der Waals surface area (Å²) in [5.74, 6) is -0.397. The van der Waals surface area contributed by atoms with Crippen molar-refractivity contribution in [1.29, 1.82) is 0 Å². The third-order valence-corrected chi connectivity index (χ3v) is 2.93. The van der Waals surface area contributed by atoms with Gasteiger partial charge in [-0.05, 0) is 26.0 Å². The molecule has 3 nitrogen and oxygen atoms in total. The highest BCUT2D eigenvalue weighted by Gasteiger charge is 2.13. The average Bonchev–Trinajstić information content (AvgIpc) is 2.16. The minimum Gasteiger partial charge on any atom is -0.459 e. The summed E-state index contributed by atoms with van der Waals surface area (Å²) in [6.07, 6.45) is -0.152. The number of benzene rings is 1. The Balaban J connectivity index is 2.94. The molecule has 0 amide bonds. The number of esters is 1. The van der Waals surface area contributed by atoms with E-state index in [2.05, 4.69) is 0 Å². The van der Waals surface area contributed by atoms with Crippen LogP contribution in [0.5, 0.6) is 0 Å². The topological polar surface area (TPSA) is 43.4 Å². The number of hydrogen-bond donors (Lipinski definition) is 0. The van der Waals surface area contributed by atoms with Crippen LogP contribution in [0.2, 0.25) is 0 Å². The fourth-order valence-corrected chi connectivity index (χ4v) is 1.96. The summed E-state index contributed by atoms with van der Waals surface area (Å²) in [5.41, 5.74) is 0.420. The van der Waals surface area contributed by atoms with Crippen LogP contribution in [0.25, 0.3) is 0 Å². The zero-order valence-electron chi connectivity index (χ0n) is 7.99. The summed E-state index contributed by atoms with van der Waals surface area (Å²) in [5, 5.41) is 0. The van der Waals surface area contributed by atoms with Gasteiger partial charge in [-0.25, -0.2) is 4.79 Å². The van der Waals surface area contributed by atoms with E-state index in [1.165, 1.54) is 0 Å². The van der Waals surface area contributed by atoms with Gasteiger partial charge < -0.3 is 4.74 Å². The Kier molecular flexibility index (Phi) is 4.19. The highest BCUT2D eigenvalue weighted by Crippen LogP contribution is 2.16. The van der Waals surface area contributed by atoms with E-state index in [0.29, 0.717) is 9.13 Å². The molecule has 1 aromatic rings. The molecule has 0 N–H and O–H groups in total. The number of halogens is 1. The van der Waals surface area contributed by atoms with E-state index in [1.807, 2.05) is 0 Å². The van der Waals surface area contributed by atoms with Gasteiger partial charge in [0.1, 0.15) is 0 Å². The van der Waals surface area contributed by atoms with Crippen molar-refractivity contribution in [3.63, 3.8) is 0 Å². The zero-order chi connectivity index (χ0) is 10.6. The SMILES string of the molecule is CC(C)OC(=O)c1ccccc1I=O. The molecule has 0 aliphatic rings. The van der Waals surface area contributed by atoms with Crippen LogP contribution in [0.3, 0.4) is 0 Å². The number of ether oxygens (including phenoxy) is 1. The van der Waals surface area contributed by atoms with Gasteiger partial charge in [0.2, 0.25) is 0 Å². The van der Waals surface area contributed by atoms with Crippen LogP contribution < -0.4 is 0 Å². The first kappa shape index (κ1) is 11.3. The molecule has 0 spiro atoms. The van der Waals surface area contributed by atoms with Gasteiger partial charge in [0.05, 0.1) is 15.2 Å². The highest BCUT2D eigenvalue weighted by molar-refractivity contribution is 14.1. The minimum atomic E-state index is -1.32. The van der Waals surface area contributed by atoms with Gasteiger partial charge in [-0.1, -0.05) is 12.1 Å². The molecule has 0 fully saturated rings. The summed E-state index contributed by atoms with van der Waals surface area (Å²) in [6.45, 7) is 3.57. The van der Waals surface area contributed by atoms with Crippen molar-refractivity contribution in [2.45, 2.75) is 20.0 Å². The summed E-state index contributed by atoms with van der Waals surface area (Å²) >= 11 is -1.32. The van der Waals surface area contributed by atoms with Gasteiger partial charge in [0.25, 0.3) is 0 Å². The fraction of sp³-hybridized carbons (Fsp3) is 0.300. The van der Waals surface area contributed by atoms with E-state index < -0.39 is 27.2 Å². The molecule has 0 aliphatic heterocycles. The Labute approximate surface area is 93.1 Å². The molecule has 0 aliphatic carbocycles. The summed E-state index contributed by atoms with van der Waals surface area (Å²) in [7, 11) is 0. The first-order valence-corrected chi connectivity index (χ1v) is 6.18. The largest absolute Gasteiger partial charge is 0.459 e. The molecule has 4 heteroatoms. The molecule has 0 saturated heterocycles. The molecule has 0 saturated carbocycles. The van der Waals surface area contributed by atoms with Crippen LogP contribution in [0.1, 0.15) is 24.2 Å². The quantitative estimate of drug-likeness (QED) is 0.637. The molecule has 0 heterocycles. The second kappa shape index (κ2) is 5.19. The number of rotatable bonds is 3. The van der Waals surface area contributed by atoms with E-state index in [9.17, 15) is 7.86 Å². The standard InChI is InChI=1S/C10H11IO3/c1-7(2)14-10(12)8-5-3-4-6-9(8)11-13/h3-7H,1-2H3. The second-order valence-corrected chi connectivity index (χ2v) is 4.61. The van der Waals surface area contributed by atoms with Crippen LogP contribution in [0.15, 0.2) is 24.3 Å². The van der Waals surface area contributed by atoms with Gasteiger partial charge in [-0.3, -0.25) is 3.07 Å². The molecule has 0 radical (unpaired) electrons.